The Hall–Kier alpha value is -5.04. The third kappa shape index (κ3) is 10.6. The molecule has 0 atom stereocenters. The monoisotopic (exact) mass is 950 g/mol. The number of fused-ring (bicyclic) bond motifs is 5. The van der Waals surface area contributed by atoms with E-state index in [9.17, 15) is 0 Å². The number of allylic oxidation sites excluding steroid dienone is 4. The van der Waals surface area contributed by atoms with Gasteiger partial charge in [0.2, 0.25) is 0 Å². The first-order valence-electron chi connectivity index (χ1n) is 21.9. The van der Waals surface area contributed by atoms with Crippen molar-refractivity contribution in [1.82, 2.24) is 0 Å². The molecule has 0 nitrogen and oxygen atoms in total. The zero-order chi connectivity index (χ0) is 43.6. The molecule has 3 heteroatoms. The molecule has 1 aliphatic rings. The van der Waals surface area contributed by atoms with Gasteiger partial charge in [-0.2, -0.15) is 6.08 Å². The molecule has 1 aliphatic carbocycles. The second kappa shape index (κ2) is 20.4. The predicted octanol–water partition coefficient (Wildman–Crippen LogP) is 17.5. The van der Waals surface area contributed by atoms with E-state index in [0.717, 1.165) is 6.42 Å². The van der Waals surface area contributed by atoms with Crippen LogP contribution in [0.5, 0.6) is 0 Å². The first kappa shape index (κ1) is 48.4. The number of aryl methyl sites for hydroxylation is 2. The van der Waals surface area contributed by atoms with Crippen molar-refractivity contribution in [3.05, 3.63) is 221 Å². The van der Waals surface area contributed by atoms with Gasteiger partial charge in [0.15, 0.2) is 0 Å². The fourth-order valence-corrected chi connectivity index (χ4v) is 9.50. The Kier molecular flexibility index (Phi) is 15.5. The molecule has 0 bridgehead atoms. The second-order valence-corrected chi connectivity index (χ2v) is 20.0. The first-order valence-corrected chi connectivity index (χ1v) is 23.1. The van der Waals surface area contributed by atoms with E-state index in [-0.39, 0.29) is 35.6 Å². The van der Waals surface area contributed by atoms with Gasteiger partial charge in [0.1, 0.15) is 0 Å². The Morgan fingerprint density at radius 1 is 0.484 bits per heavy atom. The molecule has 9 aromatic carbocycles. The van der Waals surface area contributed by atoms with Crippen molar-refractivity contribution in [3.8, 4) is 22.3 Å². The standard InChI is InChI=1S/C35H37.C21H14.C5H5.2ClH.Zr/c1-22-13-9-11-15-26(22)30-18-24-17-25-19-31(27-16-12-10-14-23(27)2)33(35(6,7)8)21-29(25)28(24)20-32(30)34(3,4)5;1-3-7-20-14-16(9-11-18(20)5-1)13-17-10-12-19-6-2-4-8-21(19)15-17;1-2-4-5-3-1;;;/h9-21H,1-8H3;1-12,14-15H;1-3H,4H2;2*1H;/q-1;;-1;;;+2. The van der Waals surface area contributed by atoms with Gasteiger partial charge in [-0.05, 0) is 69.2 Å². The summed E-state index contributed by atoms with van der Waals surface area (Å²) >= 11 is 1.44. The van der Waals surface area contributed by atoms with Crippen LogP contribution >= 0.6 is 24.8 Å². The topological polar surface area (TPSA) is 0 Å². The maximum absolute atomic E-state index is 2.99. The van der Waals surface area contributed by atoms with Crippen molar-refractivity contribution < 1.29 is 24.2 Å². The molecule has 0 aliphatic heterocycles. The van der Waals surface area contributed by atoms with Crippen LogP contribution in [-0.2, 0) is 35.1 Å². The van der Waals surface area contributed by atoms with Gasteiger partial charge >= 0.3 is 145 Å². The van der Waals surface area contributed by atoms with Crippen molar-refractivity contribution in [2.45, 2.75) is 72.6 Å². The van der Waals surface area contributed by atoms with Crippen LogP contribution in [-0.4, -0.2) is 3.21 Å². The number of rotatable bonds is 4. The zero-order valence-electron chi connectivity index (χ0n) is 38.3. The van der Waals surface area contributed by atoms with E-state index < -0.39 is 0 Å². The molecule has 0 amide bonds. The van der Waals surface area contributed by atoms with E-state index in [0.29, 0.717) is 0 Å². The number of hydrogen-bond donors (Lipinski definition) is 0. The first-order chi connectivity index (χ1) is 29.8. The Morgan fingerprint density at radius 3 is 1.25 bits per heavy atom. The van der Waals surface area contributed by atoms with Gasteiger partial charge in [0, 0.05) is 0 Å². The third-order valence-electron chi connectivity index (χ3n) is 12.1. The Morgan fingerprint density at radius 2 is 0.891 bits per heavy atom. The molecule has 0 radical (unpaired) electrons. The summed E-state index contributed by atoms with van der Waals surface area (Å²) in [6.45, 7) is 18.4. The molecule has 10 rings (SSSR count). The average molecular weight is 953 g/mol. The van der Waals surface area contributed by atoms with Crippen LogP contribution in [0.25, 0.3) is 65.3 Å². The Labute approximate surface area is 408 Å². The van der Waals surface area contributed by atoms with Gasteiger partial charge in [-0.15, -0.1) is 71.0 Å². The van der Waals surface area contributed by atoms with Crippen molar-refractivity contribution in [3.63, 3.8) is 0 Å². The molecule has 0 spiro atoms. The van der Waals surface area contributed by atoms with Crippen LogP contribution in [0.4, 0.5) is 0 Å². The molecule has 0 N–H and O–H groups in total. The zero-order valence-corrected chi connectivity index (χ0v) is 42.4. The van der Waals surface area contributed by atoms with E-state index >= 15 is 0 Å². The molecular formula is C61H58Cl2Zr. The summed E-state index contributed by atoms with van der Waals surface area (Å²) in [5, 5.41) is 10.6. The van der Waals surface area contributed by atoms with Crippen LogP contribution in [0.15, 0.2) is 182 Å². The minimum absolute atomic E-state index is 0. The normalized spacial score (nSPS) is 12.0. The number of benzene rings is 8. The van der Waals surface area contributed by atoms with Gasteiger partial charge in [0.25, 0.3) is 0 Å². The number of halogens is 2. The molecule has 0 saturated carbocycles. The van der Waals surface area contributed by atoms with Crippen LogP contribution < -0.4 is 0 Å². The molecule has 0 heterocycles. The van der Waals surface area contributed by atoms with Crippen LogP contribution in [0.3, 0.4) is 0 Å². The van der Waals surface area contributed by atoms with Crippen LogP contribution in [0, 0.1) is 19.9 Å². The number of hydrogen-bond acceptors (Lipinski definition) is 0. The fraction of sp³-hybridized carbons (Fsp3) is 0.180. The van der Waals surface area contributed by atoms with Gasteiger partial charge in [0.05, 0.1) is 0 Å². The van der Waals surface area contributed by atoms with E-state index in [1.165, 1.54) is 126 Å². The SMILES string of the molecule is Cc1ccccc1-c1cc2[cH-]c3cc(-c4ccccc4C)c(C(C)(C)C)cc3c2cc1C(C)(C)C.Cl.Cl.[C-]1=CC=CC1.[Zr+2]=[C](c1ccc2ccccc2c1)c1ccc2ccccc2c1. The predicted molar refractivity (Wildman–Crippen MR) is 282 cm³/mol. The van der Waals surface area contributed by atoms with Gasteiger partial charge < -0.3 is 0 Å². The molecule has 64 heavy (non-hydrogen) atoms. The molecule has 0 saturated heterocycles. The van der Waals surface area contributed by atoms with E-state index in [4.69, 9.17) is 0 Å². The fourth-order valence-electron chi connectivity index (χ4n) is 8.74. The maximum atomic E-state index is 2.99. The van der Waals surface area contributed by atoms with Crippen molar-refractivity contribution in [1.29, 1.82) is 0 Å². The summed E-state index contributed by atoms with van der Waals surface area (Å²) in [7, 11) is 0. The molecular weight excluding hydrogens is 895 g/mol. The summed E-state index contributed by atoms with van der Waals surface area (Å²) in [4.78, 5) is 0. The van der Waals surface area contributed by atoms with Crippen LogP contribution in [0.2, 0.25) is 0 Å². The van der Waals surface area contributed by atoms with Gasteiger partial charge in [-0.25, -0.2) is 12.2 Å². The molecule has 9 aromatic rings. The van der Waals surface area contributed by atoms with Gasteiger partial charge in [-0.1, -0.05) is 102 Å². The summed E-state index contributed by atoms with van der Waals surface area (Å²) in [5.41, 5.74) is 13.6. The molecule has 0 aromatic heterocycles. The summed E-state index contributed by atoms with van der Waals surface area (Å²) in [5.74, 6) is 0. The molecule has 0 unspecified atom stereocenters. The van der Waals surface area contributed by atoms with Crippen molar-refractivity contribution in [2.75, 3.05) is 0 Å². The average Bonchev–Trinajstić information content (AvgIpc) is 3.97. The summed E-state index contributed by atoms with van der Waals surface area (Å²) < 4.78 is 1.41. The Balaban J connectivity index is 0.000000200. The quantitative estimate of drug-likeness (QED) is 0.154. The van der Waals surface area contributed by atoms with Crippen molar-refractivity contribution in [2.24, 2.45) is 0 Å². The minimum atomic E-state index is 0. The second-order valence-electron chi connectivity index (χ2n) is 18.7. The van der Waals surface area contributed by atoms with E-state index in [2.05, 4.69) is 231 Å². The van der Waals surface area contributed by atoms with Crippen molar-refractivity contribution >= 4 is 71.1 Å². The summed E-state index contributed by atoms with van der Waals surface area (Å²) in [6.07, 6.45) is 10.0. The Bertz CT molecular complexity index is 2950. The summed E-state index contributed by atoms with van der Waals surface area (Å²) in [6, 6.07) is 60.3. The van der Waals surface area contributed by atoms with E-state index in [1.54, 1.807) is 0 Å². The van der Waals surface area contributed by atoms with Crippen LogP contribution in [0.1, 0.15) is 81.3 Å². The third-order valence-corrected chi connectivity index (χ3v) is 13.5. The molecule has 320 valence electrons. The van der Waals surface area contributed by atoms with E-state index in [1.807, 2.05) is 12.2 Å². The van der Waals surface area contributed by atoms with Gasteiger partial charge in [-0.3, -0.25) is 6.08 Å². The molecule has 0 fully saturated rings.